The lowest BCUT2D eigenvalue weighted by Gasteiger charge is -2.31. The molecule has 1 unspecified atom stereocenters. The van der Waals surface area contributed by atoms with Gasteiger partial charge in [-0.1, -0.05) is 0 Å². The summed E-state index contributed by atoms with van der Waals surface area (Å²) in [6, 6.07) is 4.04. The number of anilines is 3. The molecule has 3 aliphatic rings. The summed E-state index contributed by atoms with van der Waals surface area (Å²) < 4.78 is 11.2. The molecule has 1 atom stereocenters. The topological polar surface area (TPSA) is 113 Å². The molecule has 0 aliphatic carbocycles. The van der Waals surface area contributed by atoms with E-state index in [1.54, 1.807) is 12.3 Å². The lowest BCUT2D eigenvalue weighted by atomic mass is 10.1. The molecule has 0 bridgehead atoms. The maximum Gasteiger partial charge on any atom is 0.166 e. The number of nitriles is 1. The molecule has 0 spiro atoms. The first-order valence-electron chi connectivity index (χ1n) is 9.48. The van der Waals surface area contributed by atoms with Gasteiger partial charge in [0.25, 0.3) is 0 Å². The van der Waals surface area contributed by atoms with Gasteiger partial charge in [0.1, 0.15) is 23.5 Å². The number of hydrogen-bond acceptors (Lipinski definition) is 9. The third-order valence-electron chi connectivity index (χ3n) is 5.50. The van der Waals surface area contributed by atoms with Gasteiger partial charge < -0.3 is 25.0 Å². The summed E-state index contributed by atoms with van der Waals surface area (Å²) in [5, 5.41) is 9.56. The number of rotatable bonds is 2. The van der Waals surface area contributed by atoms with Crippen molar-refractivity contribution in [2.24, 2.45) is 0 Å². The Balaban J connectivity index is 1.66. The van der Waals surface area contributed by atoms with Crippen LogP contribution in [0.4, 0.5) is 17.5 Å². The van der Waals surface area contributed by atoms with Gasteiger partial charge in [-0.15, -0.1) is 0 Å². The SMILES string of the molecule is N#Cc1cc(N)ncc1-c1nc(N2CCOCC2)c2c(n1)N1CCOCC1C2. The summed E-state index contributed by atoms with van der Waals surface area (Å²) in [4.78, 5) is 18.5. The molecular formula is C19H21N7O2. The number of pyridine rings is 1. The van der Waals surface area contributed by atoms with Crippen molar-refractivity contribution in [2.75, 3.05) is 61.6 Å². The van der Waals surface area contributed by atoms with E-state index in [0.717, 1.165) is 43.3 Å². The van der Waals surface area contributed by atoms with E-state index in [-0.39, 0.29) is 6.04 Å². The summed E-state index contributed by atoms with van der Waals surface area (Å²) in [6.07, 6.45) is 2.46. The first-order chi connectivity index (χ1) is 13.7. The number of nitrogens with two attached hydrogens (primary N) is 1. The lowest BCUT2D eigenvalue weighted by molar-refractivity contribution is 0.0973. The molecular weight excluding hydrogens is 358 g/mol. The van der Waals surface area contributed by atoms with Crippen molar-refractivity contribution in [1.29, 1.82) is 5.26 Å². The van der Waals surface area contributed by atoms with Crippen molar-refractivity contribution >= 4 is 17.5 Å². The first-order valence-corrected chi connectivity index (χ1v) is 9.48. The number of nitrogens with zero attached hydrogens (tertiary/aromatic N) is 6. The van der Waals surface area contributed by atoms with Crippen LogP contribution >= 0.6 is 0 Å². The number of hydrogen-bond donors (Lipinski definition) is 1. The molecule has 9 nitrogen and oxygen atoms in total. The third kappa shape index (κ3) is 2.82. The van der Waals surface area contributed by atoms with Gasteiger partial charge in [-0.3, -0.25) is 0 Å². The van der Waals surface area contributed by atoms with E-state index in [1.807, 2.05) is 0 Å². The summed E-state index contributed by atoms with van der Waals surface area (Å²) in [7, 11) is 0. The van der Waals surface area contributed by atoms with Gasteiger partial charge >= 0.3 is 0 Å². The van der Waals surface area contributed by atoms with Crippen LogP contribution in [-0.4, -0.2) is 67.1 Å². The molecule has 0 amide bonds. The maximum atomic E-state index is 9.56. The Morgan fingerprint density at radius 3 is 2.71 bits per heavy atom. The zero-order valence-corrected chi connectivity index (χ0v) is 15.5. The van der Waals surface area contributed by atoms with Crippen LogP contribution in [0.1, 0.15) is 11.1 Å². The number of ether oxygens (including phenoxy) is 2. The van der Waals surface area contributed by atoms with Crippen LogP contribution in [-0.2, 0) is 15.9 Å². The van der Waals surface area contributed by atoms with E-state index in [1.165, 1.54) is 0 Å². The van der Waals surface area contributed by atoms with Crippen LogP contribution in [0, 0.1) is 11.3 Å². The Bertz CT molecular complexity index is 952. The zero-order chi connectivity index (χ0) is 19.1. The van der Waals surface area contributed by atoms with Gasteiger partial charge in [0.15, 0.2) is 5.82 Å². The first kappa shape index (κ1) is 17.2. The predicted molar refractivity (Wildman–Crippen MR) is 103 cm³/mol. The quantitative estimate of drug-likeness (QED) is 0.801. The molecule has 0 saturated carbocycles. The average Bonchev–Trinajstić information content (AvgIpc) is 3.12. The van der Waals surface area contributed by atoms with Crippen LogP contribution in [0.5, 0.6) is 0 Å². The monoisotopic (exact) mass is 379 g/mol. The van der Waals surface area contributed by atoms with Crippen LogP contribution in [0.2, 0.25) is 0 Å². The van der Waals surface area contributed by atoms with Gasteiger partial charge in [0.05, 0.1) is 43.6 Å². The number of morpholine rings is 2. The van der Waals surface area contributed by atoms with Gasteiger partial charge in [0, 0.05) is 37.8 Å². The Morgan fingerprint density at radius 1 is 1.11 bits per heavy atom. The summed E-state index contributed by atoms with van der Waals surface area (Å²) in [5.74, 6) is 2.69. The predicted octanol–water partition coefficient (Wildman–Crippen LogP) is 0.590. The molecule has 0 aromatic carbocycles. The molecule has 2 saturated heterocycles. The molecule has 0 radical (unpaired) electrons. The molecule has 3 aliphatic heterocycles. The highest BCUT2D eigenvalue weighted by atomic mass is 16.5. The van der Waals surface area contributed by atoms with Crippen LogP contribution in [0.3, 0.4) is 0 Å². The highest BCUT2D eigenvalue weighted by molar-refractivity contribution is 5.73. The fraction of sp³-hybridized carbons (Fsp3) is 0.474. The minimum Gasteiger partial charge on any atom is -0.384 e. The molecule has 2 N–H and O–H groups in total. The Kier molecular flexibility index (Phi) is 4.22. The summed E-state index contributed by atoms with van der Waals surface area (Å²) in [5.41, 5.74) is 7.94. The average molecular weight is 379 g/mol. The lowest BCUT2D eigenvalue weighted by Crippen LogP contribution is -2.43. The Labute approximate surface area is 162 Å². The smallest absolute Gasteiger partial charge is 0.166 e. The largest absolute Gasteiger partial charge is 0.384 e. The standard InChI is InChI=1S/C19H21N7O2/c20-9-12-7-16(21)22-10-15(12)17-23-18(25-1-4-27-5-2-25)14-8-13-11-28-6-3-26(13)19(14)24-17/h7,10,13H,1-6,8,11H2,(H2,21,22). The zero-order valence-electron chi connectivity index (χ0n) is 15.5. The van der Waals surface area contributed by atoms with Crippen molar-refractivity contribution in [3.63, 3.8) is 0 Å². The minimum absolute atomic E-state index is 0.285. The van der Waals surface area contributed by atoms with Crippen molar-refractivity contribution in [2.45, 2.75) is 12.5 Å². The third-order valence-corrected chi connectivity index (χ3v) is 5.50. The summed E-state index contributed by atoms with van der Waals surface area (Å²) in [6.45, 7) is 5.12. The normalized spacial score (nSPS) is 21.2. The van der Waals surface area contributed by atoms with Crippen molar-refractivity contribution in [3.8, 4) is 17.5 Å². The van der Waals surface area contributed by atoms with E-state index in [0.29, 0.717) is 49.2 Å². The molecule has 5 rings (SSSR count). The fourth-order valence-electron chi connectivity index (χ4n) is 4.12. The van der Waals surface area contributed by atoms with Gasteiger partial charge in [0.2, 0.25) is 0 Å². The van der Waals surface area contributed by atoms with Gasteiger partial charge in [-0.05, 0) is 6.07 Å². The molecule has 5 heterocycles. The molecule has 2 aromatic heterocycles. The van der Waals surface area contributed by atoms with Crippen LogP contribution in [0.15, 0.2) is 12.3 Å². The second-order valence-corrected chi connectivity index (χ2v) is 7.17. The van der Waals surface area contributed by atoms with Gasteiger partial charge in [-0.2, -0.15) is 5.26 Å². The number of fused-ring (bicyclic) bond motifs is 3. The second-order valence-electron chi connectivity index (χ2n) is 7.17. The van der Waals surface area contributed by atoms with Crippen LogP contribution < -0.4 is 15.5 Å². The van der Waals surface area contributed by atoms with E-state index in [4.69, 9.17) is 25.2 Å². The van der Waals surface area contributed by atoms with Crippen molar-refractivity contribution < 1.29 is 9.47 Å². The van der Waals surface area contributed by atoms with E-state index in [9.17, 15) is 5.26 Å². The minimum atomic E-state index is 0.285. The molecule has 2 fully saturated rings. The second kappa shape index (κ2) is 6.89. The fourth-order valence-corrected chi connectivity index (χ4v) is 4.12. The molecule has 9 heteroatoms. The summed E-state index contributed by atoms with van der Waals surface area (Å²) >= 11 is 0. The van der Waals surface area contributed by atoms with Crippen molar-refractivity contribution in [1.82, 2.24) is 15.0 Å². The van der Waals surface area contributed by atoms with E-state index in [2.05, 4.69) is 20.9 Å². The maximum absolute atomic E-state index is 9.56. The molecule has 144 valence electrons. The molecule has 2 aromatic rings. The van der Waals surface area contributed by atoms with E-state index >= 15 is 0 Å². The van der Waals surface area contributed by atoms with E-state index < -0.39 is 0 Å². The Morgan fingerprint density at radius 2 is 1.89 bits per heavy atom. The molecule has 28 heavy (non-hydrogen) atoms. The highest BCUT2D eigenvalue weighted by Crippen LogP contribution is 2.39. The van der Waals surface area contributed by atoms with Crippen molar-refractivity contribution in [3.05, 3.63) is 23.4 Å². The Hall–Kier alpha value is -2.96. The van der Waals surface area contributed by atoms with Crippen LogP contribution in [0.25, 0.3) is 11.4 Å². The highest BCUT2D eigenvalue weighted by Gasteiger charge is 2.37. The number of aromatic nitrogens is 3. The van der Waals surface area contributed by atoms with Gasteiger partial charge in [-0.25, -0.2) is 15.0 Å². The number of nitrogen functional groups attached to an aromatic ring is 1.